The molecule has 0 amide bonds. The summed E-state index contributed by atoms with van der Waals surface area (Å²) in [6, 6.07) is 12.1. The molecule has 0 saturated heterocycles. The second kappa shape index (κ2) is 5.57. The van der Waals surface area contributed by atoms with Gasteiger partial charge in [0.25, 0.3) is 5.56 Å². The summed E-state index contributed by atoms with van der Waals surface area (Å²) in [5, 5.41) is 10.5. The SMILES string of the molecule is O=c1[nH]c2ccccc2c(=O)n1CC(O)c1cccc(F)c1. The number of hydrogen-bond donors (Lipinski definition) is 2. The van der Waals surface area contributed by atoms with E-state index in [0.717, 1.165) is 4.57 Å². The van der Waals surface area contributed by atoms with E-state index >= 15 is 0 Å². The second-order valence-corrected chi connectivity index (χ2v) is 4.96. The maximum Gasteiger partial charge on any atom is 0.328 e. The number of halogens is 1. The minimum atomic E-state index is -1.16. The zero-order valence-electron chi connectivity index (χ0n) is 11.5. The van der Waals surface area contributed by atoms with Gasteiger partial charge in [-0.15, -0.1) is 0 Å². The van der Waals surface area contributed by atoms with Crippen molar-refractivity contribution in [3.05, 3.63) is 80.7 Å². The molecule has 0 radical (unpaired) electrons. The van der Waals surface area contributed by atoms with E-state index in [1.54, 1.807) is 24.3 Å². The van der Waals surface area contributed by atoms with Crippen molar-refractivity contribution in [2.24, 2.45) is 0 Å². The Morgan fingerprint density at radius 1 is 1.14 bits per heavy atom. The number of aliphatic hydroxyl groups is 1. The molecule has 3 aromatic rings. The van der Waals surface area contributed by atoms with Crippen molar-refractivity contribution in [1.29, 1.82) is 0 Å². The summed E-state index contributed by atoms with van der Waals surface area (Å²) in [6.07, 6.45) is -1.16. The van der Waals surface area contributed by atoms with Crippen LogP contribution in [0.25, 0.3) is 10.9 Å². The Kier molecular flexibility index (Phi) is 3.60. The number of para-hydroxylation sites is 1. The Bertz CT molecular complexity index is 946. The van der Waals surface area contributed by atoms with Crippen molar-refractivity contribution in [2.45, 2.75) is 12.6 Å². The Labute approximate surface area is 124 Å². The highest BCUT2D eigenvalue weighted by Crippen LogP contribution is 2.15. The molecular weight excluding hydrogens is 287 g/mol. The van der Waals surface area contributed by atoms with Gasteiger partial charge in [-0.1, -0.05) is 24.3 Å². The lowest BCUT2D eigenvalue weighted by molar-refractivity contribution is 0.153. The van der Waals surface area contributed by atoms with Crippen molar-refractivity contribution in [3.8, 4) is 0 Å². The highest BCUT2D eigenvalue weighted by molar-refractivity contribution is 5.76. The van der Waals surface area contributed by atoms with Gasteiger partial charge in [-0.25, -0.2) is 9.18 Å². The first-order valence-corrected chi connectivity index (χ1v) is 6.71. The normalized spacial score (nSPS) is 12.5. The Morgan fingerprint density at radius 2 is 1.91 bits per heavy atom. The molecule has 1 unspecified atom stereocenters. The fourth-order valence-corrected chi connectivity index (χ4v) is 2.36. The van der Waals surface area contributed by atoms with Crippen LogP contribution in [0.1, 0.15) is 11.7 Å². The van der Waals surface area contributed by atoms with E-state index in [1.807, 2.05) is 0 Å². The molecule has 1 atom stereocenters. The summed E-state index contributed by atoms with van der Waals surface area (Å²) in [4.78, 5) is 26.9. The summed E-state index contributed by atoms with van der Waals surface area (Å²) in [6.45, 7) is -0.248. The molecule has 112 valence electrons. The van der Waals surface area contributed by atoms with E-state index < -0.39 is 23.2 Å². The molecule has 2 aromatic carbocycles. The Balaban J connectivity index is 2.04. The van der Waals surface area contributed by atoms with Crippen LogP contribution in [-0.2, 0) is 6.54 Å². The molecule has 1 aromatic heterocycles. The van der Waals surface area contributed by atoms with E-state index in [4.69, 9.17) is 0 Å². The van der Waals surface area contributed by atoms with Crippen LogP contribution in [0.3, 0.4) is 0 Å². The van der Waals surface area contributed by atoms with Crippen LogP contribution in [0.4, 0.5) is 4.39 Å². The van der Waals surface area contributed by atoms with Crippen molar-refractivity contribution in [1.82, 2.24) is 9.55 Å². The molecule has 0 saturated carbocycles. The molecule has 2 N–H and O–H groups in total. The molecule has 1 heterocycles. The minimum absolute atomic E-state index is 0.248. The predicted octanol–water partition coefficient (Wildman–Crippen LogP) is 1.56. The molecule has 0 aliphatic rings. The number of hydrogen-bond acceptors (Lipinski definition) is 3. The molecule has 0 fully saturated rings. The van der Waals surface area contributed by atoms with Gasteiger partial charge in [0.15, 0.2) is 0 Å². The van der Waals surface area contributed by atoms with Gasteiger partial charge < -0.3 is 10.1 Å². The monoisotopic (exact) mass is 300 g/mol. The third kappa shape index (κ3) is 2.56. The molecule has 22 heavy (non-hydrogen) atoms. The third-order valence-electron chi connectivity index (χ3n) is 3.48. The molecule has 0 aliphatic heterocycles. The molecule has 0 bridgehead atoms. The number of benzene rings is 2. The number of aliphatic hydroxyl groups excluding tert-OH is 1. The van der Waals surface area contributed by atoms with Crippen molar-refractivity contribution in [2.75, 3.05) is 0 Å². The van der Waals surface area contributed by atoms with Crippen LogP contribution in [0.15, 0.2) is 58.1 Å². The maximum absolute atomic E-state index is 13.2. The van der Waals surface area contributed by atoms with Crippen LogP contribution in [-0.4, -0.2) is 14.7 Å². The zero-order chi connectivity index (χ0) is 15.7. The van der Waals surface area contributed by atoms with E-state index in [0.29, 0.717) is 16.5 Å². The van der Waals surface area contributed by atoms with Crippen molar-refractivity contribution >= 4 is 10.9 Å². The van der Waals surface area contributed by atoms with E-state index in [1.165, 1.54) is 24.3 Å². The number of aromatic amines is 1. The van der Waals surface area contributed by atoms with E-state index in [9.17, 15) is 19.1 Å². The first kappa shape index (κ1) is 14.2. The van der Waals surface area contributed by atoms with Crippen LogP contribution in [0.2, 0.25) is 0 Å². The first-order chi connectivity index (χ1) is 10.6. The summed E-state index contributed by atoms with van der Waals surface area (Å²) in [5.74, 6) is -0.490. The fourth-order valence-electron chi connectivity index (χ4n) is 2.36. The van der Waals surface area contributed by atoms with E-state index in [2.05, 4.69) is 4.98 Å². The van der Waals surface area contributed by atoms with Crippen molar-refractivity contribution in [3.63, 3.8) is 0 Å². The summed E-state index contributed by atoms with van der Waals surface area (Å²) >= 11 is 0. The molecule has 6 heteroatoms. The maximum atomic E-state index is 13.2. The van der Waals surface area contributed by atoms with Crippen LogP contribution in [0.5, 0.6) is 0 Å². The van der Waals surface area contributed by atoms with Gasteiger partial charge in [-0.05, 0) is 29.8 Å². The third-order valence-corrected chi connectivity index (χ3v) is 3.48. The van der Waals surface area contributed by atoms with Gasteiger partial charge in [-0.3, -0.25) is 9.36 Å². The van der Waals surface area contributed by atoms with Gasteiger partial charge in [0.05, 0.1) is 23.6 Å². The number of H-pyrrole nitrogens is 1. The summed E-state index contributed by atoms with van der Waals surface area (Å²) in [5.41, 5.74) is -0.359. The molecule has 0 spiro atoms. The predicted molar refractivity (Wildman–Crippen MR) is 80.2 cm³/mol. The van der Waals surface area contributed by atoms with Gasteiger partial charge in [0.1, 0.15) is 5.82 Å². The lowest BCUT2D eigenvalue weighted by Crippen LogP contribution is -2.36. The first-order valence-electron chi connectivity index (χ1n) is 6.71. The number of aromatic nitrogens is 2. The molecular formula is C16H13FN2O3. The minimum Gasteiger partial charge on any atom is -0.387 e. The van der Waals surface area contributed by atoms with Crippen molar-refractivity contribution < 1.29 is 9.50 Å². The van der Waals surface area contributed by atoms with Crippen LogP contribution < -0.4 is 11.2 Å². The number of rotatable bonds is 3. The van der Waals surface area contributed by atoms with E-state index in [-0.39, 0.29) is 6.54 Å². The van der Waals surface area contributed by atoms with Gasteiger partial charge in [-0.2, -0.15) is 0 Å². The topological polar surface area (TPSA) is 75.1 Å². The fraction of sp³-hybridized carbons (Fsp3) is 0.125. The summed E-state index contributed by atoms with van der Waals surface area (Å²) < 4.78 is 14.1. The Hall–Kier alpha value is -2.73. The van der Waals surface area contributed by atoms with Gasteiger partial charge in [0, 0.05) is 0 Å². The number of nitrogens with one attached hydrogen (secondary N) is 1. The molecule has 5 nitrogen and oxygen atoms in total. The largest absolute Gasteiger partial charge is 0.387 e. The summed E-state index contributed by atoms with van der Waals surface area (Å²) in [7, 11) is 0. The average Bonchev–Trinajstić information content (AvgIpc) is 2.51. The molecule has 0 aliphatic carbocycles. The van der Waals surface area contributed by atoms with Gasteiger partial charge in [0.2, 0.25) is 0 Å². The quantitative estimate of drug-likeness (QED) is 0.771. The highest BCUT2D eigenvalue weighted by atomic mass is 19.1. The zero-order valence-corrected chi connectivity index (χ0v) is 11.5. The standard InChI is InChI=1S/C16H13FN2O3/c17-11-5-3-4-10(8-11)14(20)9-19-15(21)12-6-1-2-7-13(12)18-16(19)22/h1-8,14,20H,9H2,(H,18,22). The smallest absolute Gasteiger partial charge is 0.328 e. The molecule has 3 rings (SSSR count). The highest BCUT2D eigenvalue weighted by Gasteiger charge is 2.14. The van der Waals surface area contributed by atoms with Crippen LogP contribution >= 0.6 is 0 Å². The average molecular weight is 300 g/mol. The second-order valence-electron chi connectivity index (χ2n) is 4.96. The Morgan fingerprint density at radius 3 is 2.68 bits per heavy atom. The number of nitrogens with zero attached hydrogens (tertiary/aromatic N) is 1. The van der Waals surface area contributed by atoms with Gasteiger partial charge >= 0.3 is 5.69 Å². The van der Waals surface area contributed by atoms with Crippen LogP contribution in [0, 0.1) is 5.82 Å². The number of fused-ring (bicyclic) bond motifs is 1. The lowest BCUT2D eigenvalue weighted by atomic mass is 10.1. The lowest BCUT2D eigenvalue weighted by Gasteiger charge is -2.13.